The molecule has 0 saturated carbocycles. The van der Waals surface area contributed by atoms with Crippen molar-refractivity contribution >= 4 is 23.6 Å². The summed E-state index contributed by atoms with van der Waals surface area (Å²) in [6.45, 7) is 0.374. The summed E-state index contributed by atoms with van der Waals surface area (Å²) >= 11 is 1.24. The van der Waals surface area contributed by atoms with E-state index in [-0.39, 0.29) is 11.7 Å². The fourth-order valence-corrected chi connectivity index (χ4v) is 4.12. The van der Waals surface area contributed by atoms with Crippen molar-refractivity contribution in [2.45, 2.75) is 24.2 Å². The van der Waals surface area contributed by atoms with E-state index in [4.69, 9.17) is 4.74 Å². The van der Waals surface area contributed by atoms with Gasteiger partial charge in [0.05, 0.1) is 18.6 Å². The van der Waals surface area contributed by atoms with Crippen LogP contribution in [0.4, 0.5) is 0 Å². The Morgan fingerprint density at radius 3 is 2.59 bits per heavy atom. The summed E-state index contributed by atoms with van der Waals surface area (Å²) in [5, 5.41) is 12.2. The molecule has 2 aromatic carbocycles. The van der Waals surface area contributed by atoms with Crippen LogP contribution in [0.5, 0.6) is 0 Å². The van der Waals surface area contributed by atoms with Crippen LogP contribution in [-0.4, -0.2) is 55.9 Å². The Bertz CT molecular complexity index is 1020. The molecule has 0 bridgehead atoms. The standard InChI is InChI=1S/C20H19N5O3S/c1-28-19(27)17-11-14-7-5-6-8-15(14)12-24(17)18(26)13-29-20-21-22-23-25(20)16-9-3-2-4-10-16/h2-10,17H,11-13H2,1H3/t17-/m1/s1. The molecule has 3 aromatic rings. The number of hydrogen-bond donors (Lipinski definition) is 0. The second-order valence-electron chi connectivity index (χ2n) is 6.53. The fraction of sp³-hybridized carbons (Fsp3) is 0.250. The second-order valence-corrected chi connectivity index (χ2v) is 7.47. The quantitative estimate of drug-likeness (QED) is 0.469. The molecular formula is C20H19N5O3S. The number of fused-ring (bicyclic) bond motifs is 1. The molecule has 1 atom stereocenters. The van der Waals surface area contributed by atoms with Gasteiger partial charge in [-0.3, -0.25) is 4.79 Å². The molecule has 0 aliphatic carbocycles. The summed E-state index contributed by atoms with van der Waals surface area (Å²) in [4.78, 5) is 26.9. The van der Waals surface area contributed by atoms with Crippen LogP contribution in [0, 0.1) is 0 Å². The number of rotatable bonds is 5. The van der Waals surface area contributed by atoms with Gasteiger partial charge in [-0.25, -0.2) is 4.79 Å². The van der Waals surface area contributed by atoms with E-state index in [1.807, 2.05) is 54.6 Å². The highest BCUT2D eigenvalue weighted by atomic mass is 32.2. The molecule has 2 heterocycles. The van der Waals surface area contributed by atoms with Gasteiger partial charge in [0.15, 0.2) is 0 Å². The molecule has 0 radical (unpaired) electrons. The zero-order valence-electron chi connectivity index (χ0n) is 15.8. The van der Waals surface area contributed by atoms with Gasteiger partial charge in [-0.05, 0) is 33.7 Å². The monoisotopic (exact) mass is 409 g/mol. The highest BCUT2D eigenvalue weighted by Gasteiger charge is 2.35. The number of carbonyl (C=O) groups excluding carboxylic acids is 2. The van der Waals surface area contributed by atoms with Crippen LogP contribution in [0.1, 0.15) is 11.1 Å². The molecular weight excluding hydrogens is 390 g/mol. The molecule has 1 aliphatic rings. The van der Waals surface area contributed by atoms with Crippen LogP contribution in [0.25, 0.3) is 5.69 Å². The smallest absolute Gasteiger partial charge is 0.328 e. The average molecular weight is 409 g/mol. The molecule has 0 spiro atoms. The average Bonchev–Trinajstić information content (AvgIpc) is 3.25. The van der Waals surface area contributed by atoms with E-state index in [9.17, 15) is 9.59 Å². The lowest BCUT2D eigenvalue weighted by atomic mass is 9.94. The lowest BCUT2D eigenvalue weighted by molar-refractivity contribution is -0.153. The zero-order chi connectivity index (χ0) is 20.2. The van der Waals surface area contributed by atoms with Gasteiger partial charge in [0.25, 0.3) is 0 Å². The van der Waals surface area contributed by atoms with Crippen LogP contribution < -0.4 is 0 Å². The first-order valence-corrected chi connectivity index (χ1v) is 10.1. The fourth-order valence-electron chi connectivity index (χ4n) is 3.34. The van der Waals surface area contributed by atoms with Gasteiger partial charge in [0, 0.05) is 13.0 Å². The maximum Gasteiger partial charge on any atom is 0.328 e. The molecule has 4 rings (SSSR count). The predicted octanol–water partition coefficient (Wildman–Crippen LogP) is 1.88. The van der Waals surface area contributed by atoms with Crippen molar-refractivity contribution in [1.82, 2.24) is 25.1 Å². The van der Waals surface area contributed by atoms with E-state index in [0.29, 0.717) is 18.1 Å². The van der Waals surface area contributed by atoms with Crippen molar-refractivity contribution in [1.29, 1.82) is 0 Å². The minimum atomic E-state index is -0.631. The summed E-state index contributed by atoms with van der Waals surface area (Å²) in [6, 6.07) is 16.7. The number of esters is 1. The van der Waals surface area contributed by atoms with Crippen LogP contribution in [0.15, 0.2) is 59.8 Å². The zero-order valence-corrected chi connectivity index (χ0v) is 16.6. The Labute approximate surface area is 171 Å². The molecule has 29 heavy (non-hydrogen) atoms. The van der Waals surface area contributed by atoms with E-state index in [1.165, 1.54) is 18.9 Å². The van der Waals surface area contributed by atoms with Crippen LogP contribution in [0.2, 0.25) is 0 Å². The van der Waals surface area contributed by atoms with Crippen molar-refractivity contribution in [2.24, 2.45) is 0 Å². The molecule has 0 fully saturated rings. The predicted molar refractivity (Wildman–Crippen MR) is 106 cm³/mol. The summed E-state index contributed by atoms with van der Waals surface area (Å²) in [7, 11) is 1.34. The molecule has 0 N–H and O–H groups in total. The number of thioether (sulfide) groups is 1. The third kappa shape index (κ3) is 4.00. The topological polar surface area (TPSA) is 90.2 Å². The van der Waals surface area contributed by atoms with Crippen LogP contribution in [-0.2, 0) is 27.3 Å². The third-order valence-corrected chi connectivity index (χ3v) is 5.71. The van der Waals surface area contributed by atoms with Gasteiger partial charge in [0.2, 0.25) is 11.1 Å². The molecule has 1 amide bonds. The van der Waals surface area contributed by atoms with E-state index in [0.717, 1.165) is 16.8 Å². The Morgan fingerprint density at radius 1 is 1.10 bits per heavy atom. The van der Waals surface area contributed by atoms with Gasteiger partial charge < -0.3 is 9.64 Å². The lowest BCUT2D eigenvalue weighted by Crippen LogP contribution is -2.49. The first kappa shape index (κ1) is 19.1. The molecule has 8 nitrogen and oxygen atoms in total. The summed E-state index contributed by atoms with van der Waals surface area (Å²) in [5.41, 5.74) is 2.92. The molecule has 9 heteroatoms. The summed E-state index contributed by atoms with van der Waals surface area (Å²) in [6.07, 6.45) is 0.445. The van der Waals surface area contributed by atoms with Gasteiger partial charge in [-0.15, -0.1) is 5.10 Å². The number of para-hydroxylation sites is 1. The third-order valence-electron chi connectivity index (χ3n) is 4.81. The Morgan fingerprint density at radius 2 is 1.83 bits per heavy atom. The SMILES string of the molecule is COC(=O)[C@H]1Cc2ccccc2CN1C(=O)CSc1nnnn1-c1ccccc1. The number of aromatic nitrogens is 4. The van der Waals surface area contributed by atoms with Crippen molar-refractivity contribution in [3.63, 3.8) is 0 Å². The van der Waals surface area contributed by atoms with Crippen LogP contribution in [0.3, 0.4) is 0 Å². The summed E-state index contributed by atoms with van der Waals surface area (Å²) < 4.78 is 6.52. The summed E-state index contributed by atoms with van der Waals surface area (Å²) in [5.74, 6) is -0.461. The number of carbonyl (C=O) groups is 2. The maximum absolute atomic E-state index is 13.0. The minimum absolute atomic E-state index is 0.114. The van der Waals surface area contributed by atoms with E-state index in [2.05, 4.69) is 15.5 Å². The lowest BCUT2D eigenvalue weighted by Gasteiger charge is -2.35. The Kier molecular flexibility index (Phi) is 5.57. The maximum atomic E-state index is 13.0. The first-order valence-electron chi connectivity index (χ1n) is 9.08. The number of methoxy groups -OCH3 is 1. The van der Waals surface area contributed by atoms with Crippen molar-refractivity contribution in [3.8, 4) is 5.69 Å². The number of tetrazole rings is 1. The van der Waals surface area contributed by atoms with Crippen molar-refractivity contribution < 1.29 is 14.3 Å². The second kappa shape index (κ2) is 8.44. The highest BCUT2D eigenvalue weighted by molar-refractivity contribution is 7.99. The van der Waals surface area contributed by atoms with Gasteiger partial charge in [0.1, 0.15) is 6.04 Å². The van der Waals surface area contributed by atoms with Crippen molar-refractivity contribution in [2.75, 3.05) is 12.9 Å². The number of nitrogens with zero attached hydrogens (tertiary/aromatic N) is 5. The minimum Gasteiger partial charge on any atom is -0.467 e. The van der Waals surface area contributed by atoms with E-state index >= 15 is 0 Å². The van der Waals surface area contributed by atoms with E-state index < -0.39 is 12.0 Å². The molecule has 0 saturated heterocycles. The normalized spacial score (nSPS) is 15.6. The Hall–Kier alpha value is -3.20. The number of ether oxygens (including phenoxy) is 1. The highest BCUT2D eigenvalue weighted by Crippen LogP contribution is 2.26. The van der Waals surface area contributed by atoms with Gasteiger partial charge in [-0.2, -0.15) is 4.68 Å². The molecule has 0 unspecified atom stereocenters. The number of benzene rings is 2. The van der Waals surface area contributed by atoms with Crippen molar-refractivity contribution in [3.05, 3.63) is 65.7 Å². The number of hydrogen-bond acceptors (Lipinski definition) is 7. The molecule has 148 valence electrons. The largest absolute Gasteiger partial charge is 0.467 e. The Balaban J connectivity index is 1.51. The molecule has 1 aromatic heterocycles. The van der Waals surface area contributed by atoms with Gasteiger partial charge in [-0.1, -0.05) is 54.2 Å². The number of amides is 1. The first-order chi connectivity index (χ1) is 14.2. The van der Waals surface area contributed by atoms with Crippen LogP contribution >= 0.6 is 11.8 Å². The van der Waals surface area contributed by atoms with E-state index in [1.54, 1.807) is 9.58 Å². The van der Waals surface area contributed by atoms with Gasteiger partial charge >= 0.3 is 5.97 Å². The molecule has 1 aliphatic heterocycles.